The molecular weight excluding hydrogens is 312 g/mol. The lowest BCUT2D eigenvalue weighted by molar-refractivity contribution is -0.0337. The zero-order valence-corrected chi connectivity index (χ0v) is 12.4. The highest BCUT2D eigenvalue weighted by molar-refractivity contribution is 6.30. The van der Waals surface area contributed by atoms with Crippen LogP contribution in [0.4, 0.5) is 0 Å². The van der Waals surface area contributed by atoms with E-state index >= 15 is 0 Å². The SMILES string of the molecule is O=C1c2cccc(O)c2C(=O)c2c1cc1c(c2O)[C@H]2CCO[C@H]2O1. The number of fused-ring (bicyclic) bond motifs is 5. The molecule has 1 fully saturated rings. The molecule has 2 aliphatic heterocycles. The van der Waals surface area contributed by atoms with Crippen LogP contribution in [0.25, 0.3) is 0 Å². The normalized spacial score (nSPS) is 23.3. The fourth-order valence-electron chi connectivity index (χ4n) is 3.85. The quantitative estimate of drug-likeness (QED) is 0.658. The third-order valence-electron chi connectivity index (χ3n) is 4.94. The van der Waals surface area contributed by atoms with Crippen LogP contribution in [0.15, 0.2) is 24.3 Å². The van der Waals surface area contributed by atoms with Crippen molar-refractivity contribution in [3.63, 3.8) is 0 Å². The predicted molar refractivity (Wildman–Crippen MR) is 80.8 cm³/mol. The summed E-state index contributed by atoms with van der Waals surface area (Å²) in [6.07, 6.45) is 0.185. The number of carbonyl (C=O) groups is 2. The predicted octanol–water partition coefficient (Wildman–Crippen LogP) is 2.10. The lowest BCUT2D eigenvalue weighted by Gasteiger charge is -2.21. The largest absolute Gasteiger partial charge is 0.507 e. The van der Waals surface area contributed by atoms with E-state index in [0.717, 1.165) is 0 Å². The fraction of sp³-hybridized carbons (Fsp3) is 0.222. The Labute approximate surface area is 136 Å². The number of phenols is 2. The third-order valence-corrected chi connectivity index (χ3v) is 4.94. The van der Waals surface area contributed by atoms with Crippen LogP contribution in [-0.4, -0.2) is 34.7 Å². The van der Waals surface area contributed by atoms with Crippen LogP contribution >= 0.6 is 0 Å². The minimum atomic E-state index is -0.555. The van der Waals surface area contributed by atoms with Crippen molar-refractivity contribution < 1.29 is 29.3 Å². The maximum absolute atomic E-state index is 12.8. The molecule has 120 valence electrons. The molecule has 0 unspecified atom stereocenters. The smallest absolute Gasteiger partial charge is 0.207 e. The van der Waals surface area contributed by atoms with Gasteiger partial charge in [0, 0.05) is 16.7 Å². The highest BCUT2D eigenvalue weighted by Gasteiger charge is 2.45. The summed E-state index contributed by atoms with van der Waals surface area (Å²) in [4.78, 5) is 25.6. The summed E-state index contributed by atoms with van der Waals surface area (Å²) in [6.45, 7) is 0.516. The topological polar surface area (TPSA) is 93.1 Å². The van der Waals surface area contributed by atoms with Gasteiger partial charge in [0.25, 0.3) is 0 Å². The summed E-state index contributed by atoms with van der Waals surface area (Å²) < 4.78 is 11.1. The Balaban J connectivity index is 1.79. The molecule has 2 heterocycles. The Bertz CT molecular complexity index is 945. The van der Waals surface area contributed by atoms with Crippen LogP contribution in [0.2, 0.25) is 0 Å². The van der Waals surface area contributed by atoms with E-state index in [0.29, 0.717) is 24.3 Å². The minimum absolute atomic E-state index is 0.0658. The summed E-state index contributed by atoms with van der Waals surface area (Å²) in [7, 11) is 0. The Hall–Kier alpha value is -2.86. The second kappa shape index (κ2) is 4.36. The highest BCUT2D eigenvalue weighted by atomic mass is 16.7. The van der Waals surface area contributed by atoms with Crippen LogP contribution in [0.5, 0.6) is 17.2 Å². The first-order valence-electron chi connectivity index (χ1n) is 7.67. The van der Waals surface area contributed by atoms with E-state index in [1.54, 1.807) is 0 Å². The number of ether oxygens (including phenoxy) is 2. The van der Waals surface area contributed by atoms with Crippen molar-refractivity contribution in [3.8, 4) is 17.2 Å². The van der Waals surface area contributed by atoms with Gasteiger partial charge in [0.2, 0.25) is 12.1 Å². The molecule has 0 aromatic heterocycles. The molecule has 5 rings (SSSR count). The summed E-state index contributed by atoms with van der Waals surface area (Å²) in [5.74, 6) is -1.26. The molecule has 24 heavy (non-hydrogen) atoms. The van der Waals surface area contributed by atoms with Crippen LogP contribution in [-0.2, 0) is 4.74 Å². The number of aromatic hydroxyl groups is 2. The van der Waals surface area contributed by atoms with E-state index in [1.165, 1.54) is 24.3 Å². The Kier molecular flexibility index (Phi) is 2.46. The number of rotatable bonds is 0. The monoisotopic (exact) mass is 324 g/mol. The van der Waals surface area contributed by atoms with Gasteiger partial charge in [0.15, 0.2) is 5.78 Å². The second-order valence-corrected chi connectivity index (χ2v) is 6.17. The molecule has 6 nitrogen and oxygen atoms in total. The Morgan fingerprint density at radius 3 is 2.71 bits per heavy atom. The molecule has 2 N–H and O–H groups in total. The van der Waals surface area contributed by atoms with Crippen molar-refractivity contribution in [1.29, 1.82) is 0 Å². The minimum Gasteiger partial charge on any atom is -0.507 e. The molecule has 0 saturated carbocycles. The lowest BCUT2D eigenvalue weighted by atomic mass is 9.80. The Morgan fingerprint density at radius 2 is 1.88 bits per heavy atom. The summed E-state index contributed by atoms with van der Waals surface area (Å²) in [5, 5.41) is 20.7. The van der Waals surface area contributed by atoms with Crippen molar-refractivity contribution in [2.75, 3.05) is 6.61 Å². The molecule has 0 radical (unpaired) electrons. The van der Waals surface area contributed by atoms with E-state index in [9.17, 15) is 19.8 Å². The fourth-order valence-corrected chi connectivity index (χ4v) is 3.85. The van der Waals surface area contributed by atoms with Gasteiger partial charge in [-0.3, -0.25) is 9.59 Å². The first-order valence-corrected chi connectivity index (χ1v) is 7.67. The van der Waals surface area contributed by atoms with Crippen molar-refractivity contribution in [2.45, 2.75) is 18.6 Å². The van der Waals surface area contributed by atoms with Gasteiger partial charge in [-0.1, -0.05) is 12.1 Å². The molecule has 6 heteroatoms. The molecule has 2 atom stereocenters. The van der Waals surface area contributed by atoms with E-state index in [1.807, 2.05) is 0 Å². The first kappa shape index (κ1) is 13.6. The molecule has 2 aromatic carbocycles. The number of phenolic OH excluding ortho intramolecular Hbond substituents is 2. The molecule has 0 spiro atoms. The van der Waals surface area contributed by atoms with E-state index in [2.05, 4.69) is 0 Å². The average molecular weight is 324 g/mol. The number of hydrogen-bond donors (Lipinski definition) is 2. The van der Waals surface area contributed by atoms with E-state index in [4.69, 9.17) is 9.47 Å². The molecule has 1 saturated heterocycles. The van der Waals surface area contributed by atoms with Crippen molar-refractivity contribution in [3.05, 3.63) is 52.1 Å². The van der Waals surface area contributed by atoms with Gasteiger partial charge in [-0.2, -0.15) is 0 Å². The maximum atomic E-state index is 12.8. The molecule has 3 aliphatic rings. The van der Waals surface area contributed by atoms with Crippen molar-refractivity contribution in [2.24, 2.45) is 0 Å². The van der Waals surface area contributed by atoms with Gasteiger partial charge in [0.1, 0.15) is 17.2 Å². The van der Waals surface area contributed by atoms with Crippen LogP contribution in [0, 0.1) is 0 Å². The van der Waals surface area contributed by atoms with Crippen LogP contribution < -0.4 is 4.74 Å². The number of benzene rings is 2. The number of ketones is 2. The van der Waals surface area contributed by atoms with Crippen molar-refractivity contribution in [1.82, 2.24) is 0 Å². The first-order chi connectivity index (χ1) is 11.6. The Morgan fingerprint density at radius 1 is 1.04 bits per heavy atom. The molecular formula is C18H12O6. The molecule has 1 aliphatic carbocycles. The maximum Gasteiger partial charge on any atom is 0.207 e. The zero-order chi connectivity index (χ0) is 16.6. The number of carbonyl (C=O) groups excluding carboxylic acids is 2. The third kappa shape index (κ3) is 1.48. The second-order valence-electron chi connectivity index (χ2n) is 6.17. The van der Waals surface area contributed by atoms with Gasteiger partial charge < -0.3 is 19.7 Å². The average Bonchev–Trinajstić information content (AvgIpc) is 3.12. The van der Waals surface area contributed by atoms with Crippen molar-refractivity contribution >= 4 is 11.6 Å². The standard InChI is InChI=1S/C18H12O6/c19-10-3-1-2-7-12(10)16(21)14-9(15(7)20)6-11-13(17(14)22)8-4-5-23-18(8)24-11/h1-3,6,8,18-19,22H,4-5H2/t8-,18+/m1/s1. The zero-order valence-electron chi connectivity index (χ0n) is 12.4. The summed E-state index contributed by atoms with van der Waals surface area (Å²) in [5.41, 5.74) is 0.596. The van der Waals surface area contributed by atoms with Crippen LogP contribution in [0.1, 0.15) is 49.7 Å². The summed E-state index contributed by atoms with van der Waals surface area (Å²) in [6, 6.07) is 5.84. The van der Waals surface area contributed by atoms with E-state index in [-0.39, 0.29) is 39.7 Å². The summed E-state index contributed by atoms with van der Waals surface area (Å²) >= 11 is 0. The number of hydrogen-bond acceptors (Lipinski definition) is 6. The molecule has 0 amide bonds. The lowest BCUT2D eigenvalue weighted by Crippen LogP contribution is -2.21. The highest BCUT2D eigenvalue weighted by Crippen LogP contribution is 2.52. The molecule has 0 bridgehead atoms. The van der Waals surface area contributed by atoms with Crippen LogP contribution in [0.3, 0.4) is 0 Å². The van der Waals surface area contributed by atoms with E-state index < -0.39 is 17.9 Å². The molecule has 2 aromatic rings. The van der Waals surface area contributed by atoms with Gasteiger partial charge in [-0.25, -0.2) is 0 Å². The van der Waals surface area contributed by atoms with Gasteiger partial charge in [0.05, 0.1) is 23.7 Å². The van der Waals surface area contributed by atoms with Gasteiger partial charge in [-0.05, 0) is 18.6 Å². The van der Waals surface area contributed by atoms with Gasteiger partial charge in [-0.15, -0.1) is 0 Å². The van der Waals surface area contributed by atoms with Gasteiger partial charge >= 0.3 is 0 Å².